The van der Waals surface area contributed by atoms with Crippen LogP contribution in [-0.4, -0.2) is 19.6 Å². The molecule has 3 aromatic rings. The van der Waals surface area contributed by atoms with Gasteiger partial charge < -0.3 is 10.1 Å². The second-order valence-corrected chi connectivity index (χ2v) is 6.70. The number of methoxy groups -OCH3 is 1. The summed E-state index contributed by atoms with van der Waals surface area (Å²) >= 11 is 1.75. The molecule has 0 fully saturated rings. The van der Waals surface area contributed by atoms with E-state index in [1.807, 2.05) is 31.2 Å². The topological polar surface area (TPSA) is 38.3 Å². The van der Waals surface area contributed by atoms with Crippen LogP contribution >= 0.6 is 11.3 Å². The highest BCUT2D eigenvalue weighted by molar-refractivity contribution is 7.17. The lowest BCUT2D eigenvalue weighted by atomic mass is 10.00. The van der Waals surface area contributed by atoms with Crippen molar-refractivity contribution in [1.82, 2.24) is 5.32 Å². The molecule has 0 saturated heterocycles. The van der Waals surface area contributed by atoms with Gasteiger partial charge in [-0.25, -0.2) is 0 Å². The number of ether oxygens (including phenoxy) is 1. The first-order chi connectivity index (χ1) is 11.7. The second kappa shape index (κ2) is 7.49. The SMILES string of the molecule is COc1ccc(C(C)C(=O)NCCc2csc3ccccc23)cc1. The maximum absolute atomic E-state index is 12.4. The second-order valence-electron chi connectivity index (χ2n) is 5.79. The number of hydrogen-bond donors (Lipinski definition) is 1. The molecule has 4 heteroatoms. The van der Waals surface area contributed by atoms with E-state index in [1.54, 1.807) is 18.4 Å². The normalized spacial score (nSPS) is 12.1. The molecule has 3 nitrogen and oxygen atoms in total. The highest BCUT2D eigenvalue weighted by atomic mass is 32.1. The maximum Gasteiger partial charge on any atom is 0.227 e. The molecule has 1 unspecified atom stereocenters. The van der Waals surface area contributed by atoms with Crippen LogP contribution in [0.25, 0.3) is 10.1 Å². The van der Waals surface area contributed by atoms with E-state index in [2.05, 4.69) is 35.0 Å². The van der Waals surface area contributed by atoms with Crippen LogP contribution in [0.15, 0.2) is 53.9 Å². The van der Waals surface area contributed by atoms with Crippen molar-refractivity contribution in [2.24, 2.45) is 0 Å². The molecule has 1 aromatic heterocycles. The lowest BCUT2D eigenvalue weighted by Crippen LogP contribution is -2.29. The van der Waals surface area contributed by atoms with Crippen LogP contribution in [0.1, 0.15) is 24.0 Å². The number of hydrogen-bond acceptors (Lipinski definition) is 3. The van der Waals surface area contributed by atoms with Gasteiger partial charge in [0.15, 0.2) is 0 Å². The lowest BCUT2D eigenvalue weighted by Gasteiger charge is -2.13. The number of carbonyl (C=O) groups excluding carboxylic acids is 1. The molecule has 124 valence electrons. The predicted octanol–water partition coefficient (Wildman–Crippen LogP) is 4.37. The van der Waals surface area contributed by atoms with Gasteiger partial charge in [-0.15, -0.1) is 11.3 Å². The smallest absolute Gasteiger partial charge is 0.227 e. The molecule has 1 atom stereocenters. The monoisotopic (exact) mass is 339 g/mol. The zero-order valence-corrected chi connectivity index (χ0v) is 14.7. The number of benzene rings is 2. The summed E-state index contributed by atoms with van der Waals surface area (Å²) in [5.41, 5.74) is 2.29. The fraction of sp³-hybridized carbons (Fsp3) is 0.250. The first-order valence-electron chi connectivity index (χ1n) is 8.06. The summed E-state index contributed by atoms with van der Waals surface area (Å²) in [7, 11) is 1.64. The quantitative estimate of drug-likeness (QED) is 0.724. The summed E-state index contributed by atoms with van der Waals surface area (Å²) in [6.45, 7) is 2.58. The molecular weight excluding hydrogens is 318 g/mol. The summed E-state index contributed by atoms with van der Waals surface area (Å²) in [6, 6.07) is 16.0. The van der Waals surface area contributed by atoms with Gasteiger partial charge in [-0.2, -0.15) is 0 Å². The largest absolute Gasteiger partial charge is 0.497 e. The highest BCUT2D eigenvalue weighted by Crippen LogP contribution is 2.25. The maximum atomic E-state index is 12.4. The van der Waals surface area contributed by atoms with E-state index >= 15 is 0 Å². The molecule has 0 aliphatic heterocycles. The van der Waals surface area contributed by atoms with E-state index in [9.17, 15) is 4.79 Å². The molecule has 0 bridgehead atoms. The lowest BCUT2D eigenvalue weighted by molar-refractivity contribution is -0.122. The van der Waals surface area contributed by atoms with E-state index < -0.39 is 0 Å². The molecule has 24 heavy (non-hydrogen) atoms. The van der Waals surface area contributed by atoms with Crippen molar-refractivity contribution in [3.8, 4) is 5.75 Å². The average Bonchev–Trinajstić information content (AvgIpc) is 3.04. The fourth-order valence-corrected chi connectivity index (χ4v) is 3.74. The third kappa shape index (κ3) is 3.60. The van der Waals surface area contributed by atoms with Crippen molar-refractivity contribution in [2.45, 2.75) is 19.3 Å². The summed E-state index contributed by atoms with van der Waals surface area (Å²) in [5, 5.41) is 6.52. The summed E-state index contributed by atoms with van der Waals surface area (Å²) in [5.74, 6) is 0.686. The van der Waals surface area contributed by atoms with E-state index in [1.165, 1.54) is 15.6 Å². The average molecular weight is 339 g/mol. The molecule has 3 rings (SSSR count). The van der Waals surface area contributed by atoms with Crippen molar-refractivity contribution in [1.29, 1.82) is 0 Å². The van der Waals surface area contributed by atoms with Gasteiger partial charge in [0.1, 0.15) is 5.75 Å². The number of rotatable bonds is 6. The van der Waals surface area contributed by atoms with Crippen molar-refractivity contribution < 1.29 is 9.53 Å². The Morgan fingerprint density at radius 1 is 1.17 bits per heavy atom. The van der Waals surface area contributed by atoms with Crippen LogP contribution in [0.5, 0.6) is 5.75 Å². The Morgan fingerprint density at radius 2 is 1.92 bits per heavy atom. The van der Waals surface area contributed by atoms with Gasteiger partial charge in [0.25, 0.3) is 0 Å². The van der Waals surface area contributed by atoms with Crippen molar-refractivity contribution >= 4 is 27.3 Å². The van der Waals surface area contributed by atoms with Gasteiger partial charge in [0, 0.05) is 11.2 Å². The molecule has 0 radical (unpaired) electrons. The van der Waals surface area contributed by atoms with E-state index in [0.717, 1.165) is 17.7 Å². The van der Waals surface area contributed by atoms with Crippen LogP contribution in [0.2, 0.25) is 0 Å². The molecule has 0 aliphatic carbocycles. The summed E-state index contributed by atoms with van der Waals surface area (Å²) in [6.07, 6.45) is 0.852. The number of amides is 1. The first-order valence-corrected chi connectivity index (χ1v) is 8.94. The minimum absolute atomic E-state index is 0.0553. The van der Waals surface area contributed by atoms with Gasteiger partial charge in [-0.3, -0.25) is 4.79 Å². The standard InChI is InChI=1S/C20H21NO2S/c1-14(15-7-9-17(23-2)10-8-15)20(22)21-12-11-16-13-24-19-6-4-3-5-18(16)19/h3-10,13-14H,11-12H2,1-2H3,(H,21,22). The van der Waals surface area contributed by atoms with Crippen molar-refractivity contribution in [3.05, 3.63) is 65.0 Å². The zero-order valence-electron chi connectivity index (χ0n) is 13.9. The molecule has 0 spiro atoms. The molecule has 1 heterocycles. The molecule has 2 aromatic carbocycles. The van der Waals surface area contributed by atoms with Crippen molar-refractivity contribution in [3.63, 3.8) is 0 Å². The molecule has 0 saturated carbocycles. The van der Waals surface area contributed by atoms with Gasteiger partial charge in [-0.05, 0) is 53.4 Å². The fourth-order valence-electron chi connectivity index (χ4n) is 2.74. The minimum Gasteiger partial charge on any atom is -0.497 e. The third-order valence-electron chi connectivity index (χ3n) is 4.26. The van der Waals surface area contributed by atoms with Crippen LogP contribution < -0.4 is 10.1 Å². The Labute approximate surface area is 146 Å². The Kier molecular flexibility index (Phi) is 5.16. The number of nitrogens with one attached hydrogen (secondary N) is 1. The van der Waals surface area contributed by atoms with E-state index in [0.29, 0.717) is 6.54 Å². The Balaban J connectivity index is 1.56. The van der Waals surface area contributed by atoms with E-state index in [4.69, 9.17) is 4.74 Å². The molecule has 0 aliphatic rings. The number of thiophene rings is 1. The number of fused-ring (bicyclic) bond motifs is 1. The Morgan fingerprint density at radius 3 is 2.67 bits per heavy atom. The summed E-state index contributed by atoms with van der Waals surface area (Å²) < 4.78 is 6.45. The molecular formula is C20H21NO2S. The Hall–Kier alpha value is -2.33. The Bertz CT molecular complexity index is 823. The number of carbonyl (C=O) groups is 1. The third-order valence-corrected chi connectivity index (χ3v) is 5.28. The van der Waals surface area contributed by atoms with E-state index in [-0.39, 0.29) is 11.8 Å². The van der Waals surface area contributed by atoms with Gasteiger partial charge >= 0.3 is 0 Å². The predicted molar refractivity (Wildman–Crippen MR) is 99.9 cm³/mol. The van der Waals surface area contributed by atoms with Crippen LogP contribution in [-0.2, 0) is 11.2 Å². The van der Waals surface area contributed by atoms with Crippen LogP contribution in [0.3, 0.4) is 0 Å². The van der Waals surface area contributed by atoms with Crippen molar-refractivity contribution in [2.75, 3.05) is 13.7 Å². The van der Waals surface area contributed by atoms with Gasteiger partial charge in [0.05, 0.1) is 13.0 Å². The van der Waals surface area contributed by atoms with Crippen LogP contribution in [0.4, 0.5) is 0 Å². The first kappa shape index (κ1) is 16.5. The zero-order chi connectivity index (χ0) is 16.9. The molecule has 1 N–H and O–H groups in total. The minimum atomic E-state index is -0.171. The molecule has 1 amide bonds. The van der Waals surface area contributed by atoms with Gasteiger partial charge in [-0.1, -0.05) is 30.3 Å². The summed E-state index contributed by atoms with van der Waals surface area (Å²) in [4.78, 5) is 12.4. The van der Waals surface area contributed by atoms with Gasteiger partial charge in [0.2, 0.25) is 5.91 Å². The highest BCUT2D eigenvalue weighted by Gasteiger charge is 2.15. The van der Waals surface area contributed by atoms with Crippen LogP contribution in [0, 0.1) is 0 Å².